The third-order valence-corrected chi connectivity index (χ3v) is 2.13. The largest absolute Gasteiger partial charge is 0.480 e. The predicted octanol–water partition coefficient (Wildman–Crippen LogP) is 0.110. The monoisotopic (exact) mass is 195 g/mol. The Bertz CT molecular complexity index is 374. The Morgan fingerprint density at radius 2 is 1.93 bits per heavy atom. The number of nitrogen functional groups attached to an aromatic ring is 2. The lowest BCUT2D eigenvalue weighted by Crippen LogP contribution is -2.41. The quantitative estimate of drug-likeness (QED) is 0.500. The van der Waals surface area contributed by atoms with Gasteiger partial charge >= 0.3 is 5.97 Å². The van der Waals surface area contributed by atoms with E-state index < -0.39 is 11.5 Å². The molecule has 1 rings (SSSR count). The van der Waals surface area contributed by atoms with Crippen molar-refractivity contribution in [2.24, 2.45) is 5.73 Å². The fraction of sp³-hybridized carbons (Fsp3) is 0.222. The lowest BCUT2D eigenvalue weighted by Gasteiger charge is -2.20. The minimum atomic E-state index is -1.44. The molecule has 0 saturated carbocycles. The molecular formula is C9H13N3O2. The van der Waals surface area contributed by atoms with Crippen LogP contribution in [0.1, 0.15) is 12.5 Å². The summed E-state index contributed by atoms with van der Waals surface area (Å²) in [5, 5.41) is 8.86. The van der Waals surface area contributed by atoms with E-state index in [1.165, 1.54) is 13.0 Å². The molecule has 5 nitrogen and oxygen atoms in total. The van der Waals surface area contributed by atoms with E-state index in [4.69, 9.17) is 22.3 Å². The molecule has 0 amide bonds. The van der Waals surface area contributed by atoms with Gasteiger partial charge < -0.3 is 22.3 Å². The summed E-state index contributed by atoms with van der Waals surface area (Å²) in [6, 6.07) is 4.57. The Hall–Kier alpha value is -1.75. The molecule has 0 fully saturated rings. The number of anilines is 2. The normalized spacial score (nSPS) is 14.7. The van der Waals surface area contributed by atoms with E-state index in [-0.39, 0.29) is 0 Å². The number of hydrogen-bond donors (Lipinski definition) is 4. The molecule has 1 aromatic carbocycles. The van der Waals surface area contributed by atoms with Crippen molar-refractivity contribution in [2.45, 2.75) is 12.5 Å². The first-order valence-corrected chi connectivity index (χ1v) is 4.03. The van der Waals surface area contributed by atoms with Gasteiger partial charge in [0, 0.05) is 0 Å². The van der Waals surface area contributed by atoms with E-state index >= 15 is 0 Å². The minimum absolute atomic E-state index is 0.334. The first-order chi connectivity index (χ1) is 6.35. The fourth-order valence-corrected chi connectivity index (χ4v) is 1.02. The highest BCUT2D eigenvalue weighted by Gasteiger charge is 2.30. The highest BCUT2D eigenvalue weighted by molar-refractivity contribution is 5.81. The molecule has 0 heterocycles. The van der Waals surface area contributed by atoms with Crippen LogP contribution in [-0.2, 0) is 10.3 Å². The van der Waals surface area contributed by atoms with Gasteiger partial charge in [0.2, 0.25) is 0 Å². The maximum atomic E-state index is 10.8. The van der Waals surface area contributed by atoms with E-state index in [9.17, 15) is 4.79 Å². The molecule has 0 bridgehead atoms. The van der Waals surface area contributed by atoms with Gasteiger partial charge in [0.05, 0.1) is 11.4 Å². The van der Waals surface area contributed by atoms with Crippen LogP contribution in [0.2, 0.25) is 0 Å². The van der Waals surface area contributed by atoms with E-state index in [1.807, 2.05) is 0 Å². The number of benzene rings is 1. The van der Waals surface area contributed by atoms with Crippen molar-refractivity contribution < 1.29 is 9.90 Å². The summed E-state index contributed by atoms with van der Waals surface area (Å²) in [5.74, 6) is -1.11. The van der Waals surface area contributed by atoms with Gasteiger partial charge in [-0.1, -0.05) is 6.07 Å². The van der Waals surface area contributed by atoms with Gasteiger partial charge in [-0.25, -0.2) is 4.79 Å². The number of carboxylic acids is 1. The summed E-state index contributed by atoms with van der Waals surface area (Å²) in [5.41, 5.74) is 16.4. The zero-order chi connectivity index (χ0) is 10.9. The van der Waals surface area contributed by atoms with Crippen LogP contribution in [0.5, 0.6) is 0 Å². The molecule has 76 valence electrons. The second-order valence-corrected chi connectivity index (χ2v) is 3.35. The number of rotatable bonds is 2. The van der Waals surface area contributed by atoms with Gasteiger partial charge in [0.25, 0.3) is 0 Å². The SMILES string of the molecule is C[C@](N)(C(=O)O)c1ccc(N)c(N)c1. The molecular weight excluding hydrogens is 182 g/mol. The Morgan fingerprint density at radius 1 is 1.36 bits per heavy atom. The van der Waals surface area contributed by atoms with E-state index in [0.29, 0.717) is 16.9 Å². The summed E-state index contributed by atoms with van der Waals surface area (Å²) in [4.78, 5) is 10.8. The number of aliphatic carboxylic acids is 1. The van der Waals surface area contributed by atoms with Crippen LogP contribution in [0.15, 0.2) is 18.2 Å². The molecule has 0 unspecified atom stereocenters. The second kappa shape index (κ2) is 3.19. The number of nitrogens with two attached hydrogens (primary N) is 3. The molecule has 5 heteroatoms. The highest BCUT2D eigenvalue weighted by Crippen LogP contribution is 2.23. The zero-order valence-corrected chi connectivity index (χ0v) is 7.82. The van der Waals surface area contributed by atoms with Crippen LogP contribution in [0.4, 0.5) is 11.4 Å². The minimum Gasteiger partial charge on any atom is -0.480 e. The van der Waals surface area contributed by atoms with Crippen LogP contribution < -0.4 is 17.2 Å². The lowest BCUT2D eigenvalue weighted by atomic mass is 9.93. The average molecular weight is 195 g/mol. The average Bonchev–Trinajstić information content (AvgIpc) is 2.09. The first kappa shape index (κ1) is 10.3. The van der Waals surface area contributed by atoms with Crippen LogP contribution in [-0.4, -0.2) is 11.1 Å². The highest BCUT2D eigenvalue weighted by atomic mass is 16.4. The maximum Gasteiger partial charge on any atom is 0.328 e. The summed E-state index contributed by atoms with van der Waals surface area (Å²) in [6.07, 6.45) is 0. The van der Waals surface area contributed by atoms with Gasteiger partial charge in [0.15, 0.2) is 0 Å². The van der Waals surface area contributed by atoms with E-state index in [2.05, 4.69) is 0 Å². The molecule has 0 radical (unpaired) electrons. The van der Waals surface area contributed by atoms with E-state index in [1.54, 1.807) is 12.1 Å². The molecule has 1 atom stereocenters. The molecule has 14 heavy (non-hydrogen) atoms. The summed E-state index contributed by atoms with van der Waals surface area (Å²) in [6.45, 7) is 1.40. The van der Waals surface area contributed by atoms with Crippen LogP contribution >= 0.6 is 0 Å². The second-order valence-electron chi connectivity index (χ2n) is 3.35. The molecule has 0 aromatic heterocycles. The Labute approximate surface area is 81.5 Å². The standard InChI is InChI=1S/C9H13N3O2/c1-9(12,8(13)14)5-2-3-6(10)7(11)4-5/h2-4H,10-12H2,1H3,(H,13,14)/t9-/m1/s1. The maximum absolute atomic E-state index is 10.8. The molecule has 1 aromatic rings. The van der Waals surface area contributed by atoms with Crippen molar-refractivity contribution >= 4 is 17.3 Å². The zero-order valence-electron chi connectivity index (χ0n) is 7.82. The van der Waals surface area contributed by atoms with Crippen molar-refractivity contribution in [2.75, 3.05) is 11.5 Å². The topological polar surface area (TPSA) is 115 Å². The van der Waals surface area contributed by atoms with Crippen molar-refractivity contribution in [3.05, 3.63) is 23.8 Å². The predicted molar refractivity (Wildman–Crippen MR) is 54.4 cm³/mol. The summed E-state index contributed by atoms with van der Waals surface area (Å²) >= 11 is 0. The van der Waals surface area contributed by atoms with Gasteiger partial charge in [-0.15, -0.1) is 0 Å². The lowest BCUT2D eigenvalue weighted by molar-refractivity contribution is -0.143. The van der Waals surface area contributed by atoms with Crippen LogP contribution in [0.25, 0.3) is 0 Å². The van der Waals surface area contributed by atoms with Gasteiger partial charge in [-0.3, -0.25) is 0 Å². The Kier molecular flexibility index (Phi) is 2.35. The molecule has 7 N–H and O–H groups in total. The van der Waals surface area contributed by atoms with Crippen LogP contribution in [0, 0.1) is 0 Å². The van der Waals surface area contributed by atoms with Crippen molar-refractivity contribution in [1.82, 2.24) is 0 Å². The van der Waals surface area contributed by atoms with Crippen molar-refractivity contribution in [3.63, 3.8) is 0 Å². The van der Waals surface area contributed by atoms with Gasteiger partial charge in [-0.2, -0.15) is 0 Å². The fourth-order valence-electron chi connectivity index (χ4n) is 1.02. The third-order valence-electron chi connectivity index (χ3n) is 2.13. The van der Waals surface area contributed by atoms with Gasteiger partial charge in [0.1, 0.15) is 5.54 Å². The molecule has 0 aliphatic heterocycles. The molecule has 0 spiro atoms. The summed E-state index contributed by atoms with van der Waals surface area (Å²) in [7, 11) is 0. The Morgan fingerprint density at radius 3 is 2.36 bits per heavy atom. The van der Waals surface area contributed by atoms with Crippen molar-refractivity contribution in [1.29, 1.82) is 0 Å². The summed E-state index contributed by atoms with van der Waals surface area (Å²) < 4.78 is 0. The first-order valence-electron chi connectivity index (χ1n) is 4.03. The molecule has 0 aliphatic carbocycles. The number of carboxylic acid groups (broad SMARTS) is 1. The van der Waals surface area contributed by atoms with Crippen LogP contribution in [0.3, 0.4) is 0 Å². The molecule has 0 saturated heterocycles. The number of carbonyl (C=O) groups is 1. The van der Waals surface area contributed by atoms with Gasteiger partial charge in [-0.05, 0) is 24.6 Å². The smallest absolute Gasteiger partial charge is 0.328 e. The number of hydrogen-bond acceptors (Lipinski definition) is 4. The Balaban J connectivity index is 3.21. The van der Waals surface area contributed by atoms with Crippen molar-refractivity contribution in [3.8, 4) is 0 Å². The third kappa shape index (κ3) is 1.62. The van der Waals surface area contributed by atoms with E-state index in [0.717, 1.165) is 0 Å². The molecule has 0 aliphatic rings.